The standard InChI is InChI=1S/C20H26N2O5/c1-22-9-8-19(13-4-5-15(25-2)16(10-13)26-3)6-7-20(11-17(19)22)21-14(12-27-20)18(23)24/h4-7,10,14,17,21H,8-9,11-12H2,1-3H3,(H,23,24). The van der Waals surface area contributed by atoms with Gasteiger partial charge in [0, 0.05) is 17.9 Å². The number of hydrogen-bond acceptors (Lipinski definition) is 6. The number of nitrogens with one attached hydrogen (secondary N) is 1. The SMILES string of the molecule is COc1ccc(C23C=CC4(CC2N(C)CC3)NC(C(=O)O)CO4)cc1OC. The van der Waals surface area contributed by atoms with Gasteiger partial charge in [-0.15, -0.1) is 0 Å². The number of nitrogens with zero attached hydrogens (tertiary/aromatic N) is 1. The zero-order valence-electron chi connectivity index (χ0n) is 15.9. The number of likely N-dealkylation sites (tertiary alicyclic amines) is 1. The maximum atomic E-state index is 11.3. The Morgan fingerprint density at radius 3 is 2.74 bits per heavy atom. The molecule has 1 spiro atoms. The molecule has 3 aliphatic rings. The van der Waals surface area contributed by atoms with Gasteiger partial charge in [0.25, 0.3) is 0 Å². The number of benzene rings is 1. The maximum absolute atomic E-state index is 11.3. The number of rotatable bonds is 4. The molecular weight excluding hydrogens is 348 g/mol. The van der Waals surface area contributed by atoms with E-state index in [1.807, 2.05) is 12.1 Å². The monoisotopic (exact) mass is 374 g/mol. The molecule has 7 heteroatoms. The van der Waals surface area contributed by atoms with E-state index in [2.05, 4.69) is 35.5 Å². The molecule has 1 aliphatic carbocycles. The molecule has 27 heavy (non-hydrogen) atoms. The predicted octanol–water partition coefficient (Wildman–Crippen LogP) is 1.37. The minimum absolute atomic E-state index is 0.161. The van der Waals surface area contributed by atoms with Crippen molar-refractivity contribution in [2.24, 2.45) is 0 Å². The summed E-state index contributed by atoms with van der Waals surface area (Å²) < 4.78 is 16.8. The van der Waals surface area contributed by atoms with Crippen LogP contribution in [0.5, 0.6) is 11.5 Å². The van der Waals surface area contributed by atoms with E-state index >= 15 is 0 Å². The first-order valence-electron chi connectivity index (χ1n) is 9.21. The van der Waals surface area contributed by atoms with Gasteiger partial charge in [-0.2, -0.15) is 0 Å². The average molecular weight is 374 g/mol. The van der Waals surface area contributed by atoms with Gasteiger partial charge in [-0.05, 0) is 43.8 Å². The zero-order valence-corrected chi connectivity index (χ0v) is 15.9. The van der Waals surface area contributed by atoms with Crippen LogP contribution in [0, 0.1) is 0 Å². The van der Waals surface area contributed by atoms with E-state index < -0.39 is 17.7 Å². The lowest BCUT2D eigenvalue weighted by atomic mass is 9.68. The number of carbonyl (C=O) groups is 1. The topological polar surface area (TPSA) is 80.3 Å². The molecule has 0 saturated carbocycles. The number of hydrogen-bond donors (Lipinski definition) is 2. The van der Waals surface area contributed by atoms with Crippen LogP contribution in [-0.2, 0) is 14.9 Å². The lowest BCUT2D eigenvalue weighted by Crippen LogP contribution is -2.55. The van der Waals surface area contributed by atoms with Crippen LogP contribution in [-0.4, -0.2) is 68.2 Å². The van der Waals surface area contributed by atoms with Crippen LogP contribution >= 0.6 is 0 Å². The summed E-state index contributed by atoms with van der Waals surface area (Å²) in [6.07, 6.45) is 5.89. The van der Waals surface area contributed by atoms with Crippen LogP contribution in [0.15, 0.2) is 30.4 Å². The molecule has 146 valence electrons. The highest BCUT2D eigenvalue weighted by Crippen LogP contribution is 2.49. The van der Waals surface area contributed by atoms with E-state index in [9.17, 15) is 9.90 Å². The van der Waals surface area contributed by atoms with Gasteiger partial charge < -0.3 is 24.2 Å². The lowest BCUT2D eigenvalue weighted by molar-refractivity contribution is -0.139. The van der Waals surface area contributed by atoms with Crippen molar-refractivity contribution in [2.45, 2.75) is 36.1 Å². The molecule has 4 rings (SSSR count). The molecule has 0 amide bonds. The van der Waals surface area contributed by atoms with Gasteiger partial charge in [0.15, 0.2) is 11.5 Å². The summed E-state index contributed by atoms with van der Waals surface area (Å²) in [5.41, 5.74) is 0.298. The summed E-state index contributed by atoms with van der Waals surface area (Å²) in [6, 6.07) is 5.62. The van der Waals surface area contributed by atoms with Crippen LogP contribution in [0.4, 0.5) is 0 Å². The molecule has 1 aromatic carbocycles. The van der Waals surface area contributed by atoms with Gasteiger partial charge in [0.05, 0.1) is 20.8 Å². The fraction of sp³-hybridized carbons (Fsp3) is 0.550. The average Bonchev–Trinajstić information content (AvgIpc) is 3.24. The van der Waals surface area contributed by atoms with Crippen LogP contribution in [0.3, 0.4) is 0 Å². The molecule has 2 N–H and O–H groups in total. The number of carboxylic acids is 1. The summed E-state index contributed by atoms with van der Waals surface area (Å²) in [5, 5.41) is 12.5. The van der Waals surface area contributed by atoms with Crippen LogP contribution in [0.2, 0.25) is 0 Å². The summed E-state index contributed by atoms with van der Waals surface area (Å²) in [6.45, 7) is 1.14. The molecule has 2 saturated heterocycles. The van der Waals surface area contributed by atoms with Crippen molar-refractivity contribution < 1.29 is 24.1 Å². The van der Waals surface area contributed by atoms with E-state index in [4.69, 9.17) is 14.2 Å². The van der Waals surface area contributed by atoms with Gasteiger partial charge in [-0.3, -0.25) is 10.1 Å². The first-order chi connectivity index (χ1) is 12.9. The number of carboxylic acid groups (broad SMARTS) is 1. The summed E-state index contributed by atoms with van der Waals surface area (Å²) in [4.78, 5) is 13.7. The van der Waals surface area contributed by atoms with E-state index in [1.165, 1.54) is 5.56 Å². The van der Waals surface area contributed by atoms with Gasteiger partial charge in [-0.1, -0.05) is 12.1 Å². The molecule has 0 aromatic heterocycles. The molecule has 7 nitrogen and oxygen atoms in total. The normalized spacial score (nSPS) is 35.4. The van der Waals surface area contributed by atoms with Gasteiger partial charge >= 0.3 is 5.97 Å². The Balaban J connectivity index is 1.72. The summed E-state index contributed by atoms with van der Waals surface area (Å²) >= 11 is 0. The molecule has 0 radical (unpaired) electrons. The summed E-state index contributed by atoms with van der Waals surface area (Å²) in [5.74, 6) is 0.547. The smallest absolute Gasteiger partial charge is 0.323 e. The first kappa shape index (κ1) is 18.3. The number of ether oxygens (including phenoxy) is 3. The van der Waals surface area contributed by atoms with E-state index in [0.29, 0.717) is 17.9 Å². The minimum atomic E-state index is -0.878. The highest BCUT2D eigenvalue weighted by molar-refractivity contribution is 5.74. The van der Waals surface area contributed by atoms with E-state index in [1.54, 1.807) is 14.2 Å². The van der Waals surface area contributed by atoms with Gasteiger partial charge in [0.2, 0.25) is 0 Å². The molecule has 1 aromatic rings. The van der Waals surface area contributed by atoms with Gasteiger partial charge in [-0.25, -0.2) is 0 Å². The van der Waals surface area contributed by atoms with Crippen LogP contribution in [0.1, 0.15) is 18.4 Å². The Labute approximate surface area is 158 Å². The Bertz CT molecular complexity index is 782. The Morgan fingerprint density at radius 1 is 1.30 bits per heavy atom. The van der Waals surface area contributed by atoms with Crippen molar-refractivity contribution in [3.63, 3.8) is 0 Å². The fourth-order valence-corrected chi connectivity index (χ4v) is 4.76. The number of methoxy groups -OCH3 is 2. The molecular formula is C20H26N2O5. The molecule has 0 bridgehead atoms. The third-order valence-electron chi connectivity index (χ3n) is 6.30. The Morgan fingerprint density at radius 2 is 2.07 bits per heavy atom. The van der Waals surface area contributed by atoms with E-state index in [-0.39, 0.29) is 18.1 Å². The van der Waals surface area contributed by atoms with Crippen LogP contribution in [0.25, 0.3) is 0 Å². The number of likely N-dealkylation sites (N-methyl/N-ethyl adjacent to an activating group) is 1. The maximum Gasteiger partial charge on any atom is 0.323 e. The molecule has 4 unspecified atom stereocenters. The van der Waals surface area contributed by atoms with Crippen molar-refractivity contribution in [1.82, 2.24) is 10.2 Å². The van der Waals surface area contributed by atoms with Crippen molar-refractivity contribution in [3.8, 4) is 11.5 Å². The second-order valence-corrected chi connectivity index (χ2v) is 7.63. The molecule has 2 fully saturated rings. The molecule has 2 heterocycles. The third-order valence-corrected chi connectivity index (χ3v) is 6.30. The highest BCUT2D eigenvalue weighted by atomic mass is 16.5. The van der Waals surface area contributed by atoms with E-state index in [0.717, 1.165) is 13.0 Å². The second kappa shape index (κ2) is 6.51. The minimum Gasteiger partial charge on any atom is -0.493 e. The zero-order chi connectivity index (χ0) is 19.2. The second-order valence-electron chi connectivity index (χ2n) is 7.63. The quantitative estimate of drug-likeness (QED) is 0.771. The van der Waals surface area contributed by atoms with Crippen molar-refractivity contribution in [2.75, 3.05) is 34.4 Å². The first-order valence-corrected chi connectivity index (χ1v) is 9.21. The third kappa shape index (κ3) is 2.81. The van der Waals surface area contributed by atoms with Crippen LogP contribution < -0.4 is 14.8 Å². The number of aliphatic carboxylic acids is 1. The lowest BCUT2D eigenvalue weighted by Gasteiger charge is -2.44. The summed E-state index contributed by atoms with van der Waals surface area (Å²) in [7, 11) is 5.39. The molecule has 2 aliphatic heterocycles. The largest absolute Gasteiger partial charge is 0.493 e. The molecule has 4 atom stereocenters. The Hall–Kier alpha value is -2.09. The predicted molar refractivity (Wildman–Crippen MR) is 99.3 cm³/mol. The van der Waals surface area contributed by atoms with Crippen molar-refractivity contribution >= 4 is 5.97 Å². The Kier molecular flexibility index (Phi) is 4.41. The fourth-order valence-electron chi connectivity index (χ4n) is 4.76. The van der Waals surface area contributed by atoms with Crippen molar-refractivity contribution in [3.05, 3.63) is 35.9 Å². The number of fused-ring (bicyclic) bond motifs is 1. The van der Waals surface area contributed by atoms with Crippen molar-refractivity contribution in [1.29, 1.82) is 0 Å². The highest BCUT2D eigenvalue weighted by Gasteiger charge is 2.54. The van der Waals surface area contributed by atoms with Gasteiger partial charge in [0.1, 0.15) is 11.8 Å².